The Morgan fingerprint density at radius 3 is 2.77 bits per heavy atom. The van der Waals surface area contributed by atoms with Gasteiger partial charge in [-0.1, -0.05) is 31.5 Å². The standard InChI is InChI=1S/C16H19ClFNO3/c1-9(2)16(12-4-3-11(17)7-13(12)18)19-14(20)5-10-6-15(21)22-8-10/h3-4,7,9-10,16H,5-6,8H2,1-2H3,(H,19,20). The number of hydrogen-bond donors (Lipinski definition) is 1. The third kappa shape index (κ3) is 4.19. The molecular weight excluding hydrogens is 309 g/mol. The molecule has 1 amide bonds. The van der Waals surface area contributed by atoms with Crippen LogP contribution in [0.25, 0.3) is 0 Å². The zero-order valence-corrected chi connectivity index (χ0v) is 13.3. The second kappa shape index (κ2) is 7.09. The van der Waals surface area contributed by atoms with E-state index < -0.39 is 11.9 Å². The smallest absolute Gasteiger partial charge is 0.306 e. The van der Waals surface area contributed by atoms with Crippen LogP contribution in [0.3, 0.4) is 0 Å². The number of hydrogen-bond acceptors (Lipinski definition) is 3. The summed E-state index contributed by atoms with van der Waals surface area (Å²) < 4.78 is 18.9. The molecule has 0 aliphatic carbocycles. The lowest BCUT2D eigenvalue weighted by atomic mass is 9.94. The first-order valence-corrected chi connectivity index (χ1v) is 7.64. The minimum atomic E-state index is -0.442. The van der Waals surface area contributed by atoms with Crippen LogP contribution in [0.4, 0.5) is 4.39 Å². The summed E-state index contributed by atoms with van der Waals surface area (Å²) in [6.45, 7) is 4.08. The molecule has 1 heterocycles. The van der Waals surface area contributed by atoms with Crippen LogP contribution in [-0.4, -0.2) is 18.5 Å². The Hall–Kier alpha value is -1.62. The summed E-state index contributed by atoms with van der Waals surface area (Å²) in [6.07, 6.45) is 0.458. The van der Waals surface area contributed by atoms with Gasteiger partial charge >= 0.3 is 5.97 Å². The number of nitrogens with one attached hydrogen (secondary N) is 1. The fourth-order valence-corrected chi connectivity index (χ4v) is 2.71. The predicted molar refractivity (Wildman–Crippen MR) is 80.8 cm³/mol. The van der Waals surface area contributed by atoms with Crippen LogP contribution in [0.5, 0.6) is 0 Å². The molecule has 1 N–H and O–H groups in total. The summed E-state index contributed by atoms with van der Waals surface area (Å²) in [4.78, 5) is 23.2. The molecule has 6 heteroatoms. The highest BCUT2D eigenvalue weighted by atomic mass is 35.5. The maximum Gasteiger partial charge on any atom is 0.306 e. The van der Waals surface area contributed by atoms with Gasteiger partial charge in [-0.25, -0.2) is 4.39 Å². The Balaban J connectivity index is 2.05. The van der Waals surface area contributed by atoms with E-state index in [2.05, 4.69) is 5.32 Å². The van der Waals surface area contributed by atoms with Crippen LogP contribution in [0.2, 0.25) is 5.02 Å². The molecule has 0 bridgehead atoms. The number of carbonyl (C=O) groups is 2. The lowest BCUT2D eigenvalue weighted by Gasteiger charge is -2.24. The normalized spacial score (nSPS) is 19.1. The van der Waals surface area contributed by atoms with Crippen molar-refractivity contribution in [3.63, 3.8) is 0 Å². The number of cyclic esters (lactones) is 1. The van der Waals surface area contributed by atoms with Gasteiger partial charge in [0.1, 0.15) is 5.82 Å². The van der Waals surface area contributed by atoms with Gasteiger partial charge in [-0.05, 0) is 18.1 Å². The van der Waals surface area contributed by atoms with E-state index in [0.717, 1.165) is 0 Å². The fourth-order valence-electron chi connectivity index (χ4n) is 2.55. The zero-order valence-electron chi connectivity index (χ0n) is 12.6. The molecule has 0 aromatic heterocycles. The molecule has 4 nitrogen and oxygen atoms in total. The maximum atomic E-state index is 14.1. The molecule has 120 valence electrons. The molecule has 1 fully saturated rings. The van der Waals surface area contributed by atoms with Gasteiger partial charge in [0.15, 0.2) is 0 Å². The summed E-state index contributed by atoms with van der Waals surface area (Å²) in [5.74, 6) is -1.01. The van der Waals surface area contributed by atoms with E-state index in [9.17, 15) is 14.0 Å². The summed E-state index contributed by atoms with van der Waals surface area (Å²) in [5.41, 5.74) is 0.409. The molecule has 2 rings (SSSR count). The summed E-state index contributed by atoms with van der Waals surface area (Å²) in [5, 5.41) is 3.16. The summed E-state index contributed by atoms with van der Waals surface area (Å²) >= 11 is 5.76. The van der Waals surface area contributed by atoms with Crippen molar-refractivity contribution in [2.75, 3.05) is 6.61 Å². The van der Waals surface area contributed by atoms with Gasteiger partial charge in [0.05, 0.1) is 19.1 Å². The minimum Gasteiger partial charge on any atom is -0.465 e. The van der Waals surface area contributed by atoms with Crippen LogP contribution in [-0.2, 0) is 14.3 Å². The summed E-state index contributed by atoms with van der Waals surface area (Å²) in [7, 11) is 0. The molecule has 2 unspecified atom stereocenters. The number of carbonyl (C=O) groups excluding carboxylic acids is 2. The van der Waals surface area contributed by atoms with Gasteiger partial charge < -0.3 is 10.1 Å². The van der Waals surface area contributed by atoms with Crippen molar-refractivity contribution in [2.24, 2.45) is 11.8 Å². The Labute approximate surface area is 134 Å². The highest BCUT2D eigenvalue weighted by molar-refractivity contribution is 6.30. The van der Waals surface area contributed by atoms with E-state index in [0.29, 0.717) is 10.6 Å². The Morgan fingerprint density at radius 2 is 2.23 bits per heavy atom. The molecule has 1 aromatic rings. The Kier molecular flexibility index (Phi) is 5.40. The third-order valence-electron chi connectivity index (χ3n) is 3.69. The first-order chi connectivity index (χ1) is 10.4. The number of esters is 1. The number of amides is 1. The minimum absolute atomic E-state index is 0.0149. The number of ether oxygens (including phenoxy) is 1. The van der Waals surface area contributed by atoms with Crippen molar-refractivity contribution in [1.82, 2.24) is 5.32 Å². The van der Waals surface area contributed by atoms with Crippen molar-refractivity contribution >= 4 is 23.5 Å². The molecule has 2 atom stereocenters. The lowest BCUT2D eigenvalue weighted by Crippen LogP contribution is -2.33. The Morgan fingerprint density at radius 1 is 1.50 bits per heavy atom. The fraction of sp³-hybridized carbons (Fsp3) is 0.500. The van der Waals surface area contributed by atoms with Gasteiger partial charge in [0, 0.05) is 22.9 Å². The number of rotatable bonds is 5. The van der Waals surface area contributed by atoms with Crippen LogP contribution in [0, 0.1) is 17.7 Å². The van der Waals surface area contributed by atoms with Crippen LogP contribution < -0.4 is 5.32 Å². The van der Waals surface area contributed by atoms with Crippen molar-refractivity contribution in [2.45, 2.75) is 32.7 Å². The quantitative estimate of drug-likeness (QED) is 0.845. The average molecular weight is 328 g/mol. The van der Waals surface area contributed by atoms with Gasteiger partial charge in [-0.15, -0.1) is 0 Å². The monoisotopic (exact) mass is 327 g/mol. The average Bonchev–Trinajstić information content (AvgIpc) is 2.82. The first kappa shape index (κ1) is 16.7. The van der Waals surface area contributed by atoms with Crippen molar-refractivity contribution in [3.8, 4) is 0 Å². The zero-order chi connectivity index (χ0) is 16.3. The third-order valence-corrected chi connectivity index (χ3v) is 3.93. The molecule has 0 saturated carbocycles. The van der Waals surface area contributed by atoms with E-state index in [1.807, 2.05) is 13.8 Å². The van der Waals surface area contributed by atoms with E-state index in [1.165, 1.54) is 6.07 Å². The molecule has 0 radical (unpaired) electrons. The topological polar surface area (TPSA) is 55.4 Å². The van der Waals surface area contributed by atoms with Gasteiger partial charge in [0.2, 0.25) is 5.91 Å². The van der Waals surface area contributed by atoms with E-state index in [-0.39, 0.29) is 43.2 Å². The SMILES string of the molecule is CC(C)C(NC(=O)CC1COC(=O)C1)c1ccc(Cl)cc1F. The highest BCUT2D eigenvalue weighted by Gasteiger charge is 2.28. The second-order valence-corrected chi connectivity index (χ2v) is 6.35. The first-order valence-electron chi connectivity index (χ1n) is 7.26. The van der Waals surface area contributed by atoms with Crippen LogP contribution in [0.15, 0.2) is 18.2 Å². The highest BCUT2D eigenvalue weighted by Crippen LogP contribution is 2.27. The predicted octanol–water partition coefficient (Wildman–Crippen LogP) is 3.25. The largest absolute Gasteiger partial charge is 0.465 e. The molecule has 1 aliphatic rings. The van der Waals surface area contributed by atoms with Crippen molar-refractivity contribution < 1.29 is 18.7 Å². The second-order valence-electron chi connectivity index (χ2n) is 5.91. The number of benzene rings is 1. The number of halogens is 2. The van der Waals surface area contributed by atoms with E-state index in [1.54, 1.807) is 12.1 Å². The maximum absolute atomic E-state index is 14.1. The van der Waals surface area contributed by atoms with Gasteiger partial charge in [0.25, 0.3) is 0 Å². The molecule has 1 aromatic carbocycles. The molecule has 1 aliphatic heterocycles. The molecule has 22 heavy (non-hydrogen) atoms. The molecule has 0 spiro atoms. The molecular formula is C16H19ClFNO3. The van der Waals surface area contributed by atoms with Crippen LogP contribution in [0.1, 0.15) is 38.3 Å². The van der Waals surface area contributed by atoms with Gasteiger partial charge in [-0.2, -0.15) is 0 Å². The van der Waals surface area contributed by atoms with Crippen molar-refractivity contribution in [3.05, 3.63) is 34.6 Å². The molecule has 1 saturated heterocycles. The van der Waals surface area contributed by atoms with E-state index >= 15 is 0 Å². The Bertz CT molecular complexity index is 577. The summed E-state index contributed by atoms with van der Waals surface area (Å²) in [6, 6.07) is 3.99. The van der Waals surface area contributed by atoms with E-state index in [4.69, 9.17) is 16.3 Å². The van der Waals surface area contributed by atoms with Crippen LogP contribution >= 0.6 is 11.6 Å². The van der Waals surface area contributed by atoms with Gasteiger partial charge in [-0.3, -0.25) is 9.59 Å². The lowest BCUT2D eigenvalue weighted by molar-refractivity contribution is -0.138. The van der Waals surface area contributed by atoms with Crippen molar-refractivity contribution in [1.29, 1.82) is 0 Å².